The van der Waals surface area contributed by atoms with E-state index in [1.165, 1.54) is 17.3 Å². The largest absolute Gasteiger partial charge is 0.497 e. The number of rotatable bonds is 9. The van der Waals surface area contributed by atoms with E-state index < -0.39 is 0 Å². The van der Waals surface area contributed by atoms with Crippen LogP contribution in [0.4, 0.5) is 0 Å². The summed E-state index contributed by atoms with van der Waals surface area (Å²) >= 11 is 1.31. The maximum Gasteiger partial charge on any atom is 0.250 e. The molecule has 35 heavy (non-hydrogen) atoms. The van der Waals surface area contributed by atoms with Gasteiger partial charge in [0.25, 0.3) is 5.91 Å². The standard InChI is InChI=1S/C27H27N5O2S/c1-4-20-7-9-21(10-8-20)17-28-29-25(33)18-35-27-31-30-26(22-11-15-24(34-3)16-12-22)32(27)23-13-5-19(2)6-14-23/h5-17H,4,18H2,1-3H3,(H,29,33)/b28-17+. The zero-order valence-electron chi connectivity index (χ0n) is 19.9. The highest BCUT2D eigenvalue weighted by Crippen LogP contribution is 2.29. The molecule has 0 spiro atoms. The number of benzene rings is 3. The van der Waals surface area contributed by atoms with E-state index in [9.17, 15) is 4.79 Å². The fourth-order valence-corrected chi connectivity index (χ4v) is 4.14. The van der Waals surface area contributed by atoms with Crippen molar-refractivity contribution in [3.05, 3.63) is 89.5 Å². The SMILES string of the molecule is CCc1ccc(/C=N/NC(=O)CSc2nnc(-c3ccc(OC)cc3)n2-c2ccc(C)cc2)cc1. The first-order chi connectivity index (χ1) is 17.1. The summed E-state index contributed by atoms with van der Waals surface area (Å²) in [6.07, 6.45) is 2.62. The first-order valence-electron chi connectivity index (χ1n) is 11.3. The number of aryl methyl sites for hydroxylation is 2. The lowest BCUT2D eigenvalue weighted by atomic mass is 10.1. The molecular formula is C27H27N5O2S. The highest BCUT2D eigenvalue weighted by molar-refractivity contribution is 7.99. The van der Waals surface area contributed by atoms with Crippen molar-refractivity contribution in [2.24, 2.45) is 5.10 Å². The first kappa shape index (κ1) is 24.2. The van der Waals surface area contributed by atoms with E-state index in [0.717, 1.165) is 34.5 Å². The highest BCUT2D eigenvalue weighted by atomic mass is 32.2. The predicted octanol–water partition coefficient (Wildman–Crippen LogP) is 5.06. The Kier molecular flexibility index (Phi) is 7.95. The smallest absolute Gasteiger partial charge is 0.250 e. The average Bonchev–Trinajstić information content (AvgIpc) is 3.32. The second-order valence-corrected chi connectivity index (χ2v) is 8.83. The molecule has 0 bridgehead atoms. The third-order valence-corrected chi connectivity index (χ3v) is 6.33. The number of hydrogen-bond acceptors (Lipinski definition) is 6. The van der Waals surface area contributed by atoms with E-state index >= 15 is 0 Å². The molecule has 0 radical (unpaired) electrons. The molecule has 4 rings (SSSR count). The molecule has 0 saturated carbocycles. The van der Waals surface area contributed by atoms with Gasteiger partial charge in [0.15, 0.2) is 11.0 Å². The number of nitrogens with one attached hydrogen (secondary N) is 1. The first-order valence-corrected chi connectivity index (χ1v) is 12.3. The number of nitrogens with zero attached hydrogens (tertiary/aromatic N) is 4. The maximum absolute atomic E-state index is 12.4. The topological polar surface area (TPSA) is 81.4 Å². The van der Waals surface area contributed by atoms with Gasteiger partial charge in [-0.2, -0.15) is 5.10 Å². The van der Waals surface area contributed by atoms with E-state index in [1.807, 2.05) is 72.2 Å². The van der Waals surface area contributed by atoms with Crippen LogP contribution in [0.15, 0.2) is 83.1 Å². The molecule has 4 aromatic rings. The monoisotopic (exact) mass is 485 g/mol. The van der Waals surface area contributed by atoms with Gasteiger partial charge in [0.1, 0.15) is 5.75 Å². The summed E-state index contributed by atoms with van der Waals surface area (Å²) in [6, 6.07) is 23.8. The molecule has 0 fully saturated rings. The van der Waals surface area contributed by atoms with Gasteiger partial charge >= 0.3 is 0 Å². The zero-order chi connectivity index (χ0) is 24.6. The molecule has 1 N–H and O–H groups in total. The van der Waals surface area contributed by atoms with Gasteiger partial charge < -0.3 is 4.74 Å². The lowest BCUT2D eigenvalue weighted by Gasteiger charge is -2.11. The van der Waals surface area contributed by atoms with Gasteiger partial charge in [0.05, 0.1) is 19.1 Å². The molecule has 178 valence electrons. The van der Waals surface area contributed by atoms with Gasteiger partial charge in [-0.3, -0.25) is 9.36 Å². The van der Waals surface area contributed by atoms with Crippen molar-refractivity contribution in [2.45, 2.75) is 25.4 Å². The summed E-state index contributed by atoms with van der Waals surface area (Å²) in [7, 11) is 1.63. The van der Waals surface area contributed by atoms with Gasteiger partial charge in [0.2, 0.25) is 0 Å². The van der Waals surface area contributed by atoms with Crippen molar-refractivity contribution in [3.8, 4) is 22.8 Å². The van der Waals surface area contributed by atoms with Crippen LogP contribution in [0.3, 0.4) is 0 Å². The summed E-state index contributed by atoms with van der Waals surface area (Å²) in [6.45, 7) is 4.15. The molecule has 0 aliphatic rings. The van der Waals surface area contributed by atoms with E-state index in [1.54, 1.807) is 13.3 Å². The minimum Gasteiger partial charge on any atom is -0.497 e. The van der Waals surface area contributed by atoms with Crippen LogP contribution in [0.5, 0.6) is 5.75 Å². The van der Waals surface area contributed by atoms with Crippen LogP contribution in [0, 0.1) is 6.92 Å². The van der Waals surface area contributed by atoms with Crippen molar-refractivity contribution in [1.82, 2.24) is 20.2 Å². The van der Waals surface area contributed by atoms with Crippen molar-refractivity contribution in [1.29, 1.82) is 0 Å². The van der Waals surface area contributed by atoms with Gasteiger partial charge in [-0.25, -0.2) is 5.43 Å². The number of aromatic nitrogens is 3. The number of carbonyl (C=O) groups excluding carboxylic acids is 1. The van der Waals surface area contributed by atoms with Gasteiger partial charge in [0, 0.05) is 11.3 Å². The van der Waals surface area contributed by atoms with Gasteiger partial charge in [-0.15, -0.1) is 10.2 Å². The maximum atomic E-state index is 12.4. The van der Waals surface area contributed by atoms with Crippen LogP contribution in [0.2, 0.25) is 0 Å². The molecule has 0 atom stereocenters. The molecular weight excluding hydrogens is 458 g/mol. The van der Waals surface area contributed by atoms with Crippen LogP contribution >= 0.6 is 11.8 Å². The molecule has 0 saturated heterocycles. The number of methoxy groups -OCH3 is 1. The Hall–Kier alpha value is -3.91. The minimum absolute atomic E-state index is 0.152. The average molecular weight is 486 g/mol. The van der Waals surface area contributed by atoms with Crippen molar-refractivity contribution < 1.29 is 9.53 Å². The number of amides is 1. The van der Waals surface area contributed by atoms with Crippen LogP contribution in [0.25, 0.3) is 17.1 Å². The lowest BCUT2D eigenvalue weighted by molar-refractivity contribution is -0.118. The Bertz CT molecular complexity index is 1300. The third-order valence-electron chi connectivity index (χ3n) is 5.40. The molecule has 0 aliphatic carbocycles. The number of hydrazone groups is 1. The highest BCUT2D eigenvalue weighted by Gasteiger charge is 2.17. The Morgan fingerprint density at radius 1 is 1.03 bits per heavy atom. The molecule has 1 heterocycles. The summed E-state index contributed by atoms with van der Waals surface area (Å²) < 4.78 is 7.23. The van der Waals surface area contributed by atoms with Crippen molar-refractivity contribution >= 4 is 23.9 Å². The zero-order valence-corrected chi connectivity index (χ0v) is 20.7. The van der Waals surface area contributed by atoms with Crippen molar-refractivity contribution in [3.63, 3.8) is 0 Å². The van der Waals surface area contributed by atoms with E-state index in [-0.39, 0.29) is 11.7 Å². The molecule has 7 nitrogen and oxygen atoms in total. The van der Waals surface area contributed by atoms with Crippen LogP contribution in [0.1, 0.15) is 23.6 Å². The fourth-order valence-electron chi connectivity index (χ4n) is 3.40. The van der Waals surface area contributed by atoms with Gasteiger partial charge in [-0.05, 0) is 60.9 Å². The van der Waals surface area contributed by atoms with E-state index in [4.69, 9.17) is 4.74 Å². The summed E-state index contributed by atoms with van der Waals surface area (Å²) in [5, 5.41) is 13.5. The Morgan fingerprint density at radius 3 is 2.40 bits per heavy atom. The summed E-state index contributed by atoms with van der Waals surface area (Å²) in [5.41, 5.74) is 7.75. The quantitative estimate of drug-likeness (QED) is 0.204. The minimum atomic E-state index is -0.221. The number of hydrogen-bond donors (Lipinski definition) is 1. The normalized spacial score (nSPS) is 11.1. The van der Waals surface area contributed by atoms with Crippen LogP contribution in [-0.4, -0.2) is 39.7 Å². The molecule has 0 aliphatic heterocycles. The second-order valence-electron chi connectivity index (χ2n) is 7.88. The number of ether oxygens (including phenoxy) is 1. The number of thioether (sulfide) groups is 1. The Labute approximate surface area is 209 Å². The van der Waals surface area contributed by atoms with Gasteiger partial charge in [-0.1, -0.05) is 60.6 Å². The molecule has 0 unspecified atom stereocenters. The Morgan fingerprint density at radius 2 is 1.74 bits per heavy atom. The summed E-state index contributed by atoms with van der Waals surface area (Å²) in [5.74, 6) is 1.38. The molecule has 1 amide bonds. The summed E-state index contributed by atoms with van der Waals surface area (Å²) in [4.78, 5) is 12.4. The second kappa shape index (κ2) is 11.5. The predicted molar refractivity (Wildman–Crippen MR) is 140 cm³/mol. The fraction of sp³-hybridized carbons (Fsp3) is 0.185. The molecule has 1 aromatic heterocycles. The molecule has 3 aromatic carbocycles. The van der Waals surface area contributed by atoms with Crippen LogP contribution in [-0.2, 0) is 11.2 Å². The third kappa shape index (κ3) is 6.16. The van der Waals surface area contributed by atoms with E-state index in [0.29, 0.717) is 11.0 Å². The number of carbonyl (C=O) groups is 1. The van der Waals surface area contributed by atoms with Crippen molar-refractivity contribution in [2.75, 3.05) is 12.9 Å². The Balaban J connectivity index is 1.49. The molecule has 8 heteroatoms. The van der Waals surface area contributed by atoms with E-state index in [2.05, 4.69) is 39.8 Å². The lowest BCUT2D eigenvalue weighted by Crippen LogP contribution is -2.20. The van der Waals surface area contributed by atoms with Crippen LogP contribution < -0.4 is 10.2 Å².